The summed E-state index contributed by atoms with van der Waals surface area (Å²) in [7, 11) is 0. The molecule has 0 rings (SSSR count). The fraction of sp³-hybridized carbons (Fsp3) is 1.00. The molecule has 0 N–H and O–H groups in total. The molecule has 0 spiro atoms. The summed E-state index contributed by atoms with van der Waals surface area (Å²) in [5.41, 5.74) is 0. The molecule has 0 saturated heterocycles. The quantitative estimate of drug-likeness (QED) is 0.298. The molecule has 32 valence electrons. The van der Waals surface area contributed by atoms with Crippen molar-refractivity contribution >= 4 is 36.9 Å². The maximum atomic E-state index is 5.18. The van der Waals surface area contributed by atoms with Crippen molar-refractivity contribution in [1.29, 1.82) is 0 Å². The smallest absolute Gasteiger partial charge is 0.0577 e. The molecule has 0 aliphatic rings. The van der Waals surface area contributed by atoms with Gasteiger partial charge in [0.15, 0.2) is 0 Å². The highest BCUT2D eigenvalue weighted by Gasteiger charge is 1.84. The van der Waals surface area contributed by atoms with Gasteiger partial charge >= 0.3 is 0 Å². The van der Waals surface area contributed by atoms with E-state index in [0.29, 0.717) is 5.88 Å². The van der Waals surface area contributed by atoms with Gasteiger partial charge < -0.3 is 0 Å². The Balaban J connectivity index is 2.54. The third-order valence-corrected chi connectivity index (χ3v) is 1.24. The van der Waals surface area contributed by atoms with Crippen molar-refractivity contribution in [3.63, 3.8) is 0 Å². The fourth-order valence-electron chi connectivity index (χ4n) is 0. The molecule has 0 aromatic rings. The van der Waals surface area contributed by atoms with Gasteiger partial charge in [-0.2, -0.15) is 25.3 Å². The van der Waals surface area contributed by atoms with Crippen LogP contribution < -0.4 is 0 Å². The highest BCUT2D eigenvalue weighted by Crippen LogP contribution is 1.99. The molecule has 0 aliphatic heterocycles. The second-order valence-electron chi connectivity index (χ2n) is 0.635. The van der Waals surface area contributed by atoms with Crippen molar-refractivity contribution in [2.45, 2.75) is 4.58 Å². The van der Waals surface area contributed by atoms with Crippen molar-refractivity contribution in [2.24, 2.45) is 0 Å². The number of rotatable bonds is 1. The lowest BCUT2D eigenvalue weighted by molar-refractivity contribution is 1.46. The fourth-order valence-corrected chi connectivity index (χ4v) is 0. The number of halogens is 1. The van der Waals surface area contributed by atoms with Crippen LogP contribution in [0.25, 0.3) is 0 Å². The average molecular weight is 129 g/mol. The lowest BCUT2D eigenvalue weighted by atomic mass is 10.9. The highest BCUT2D eigenvalue weighted by atomic mass is 35.5. The van der Waals surface area contributed by atoms with E-state index in [-0.39, 0.29) is 4.58 Å². The first-order valence-electron chi connectivity index (χ1n) is 1.19. The van der Waals surface area contributed by atoms with Crippen LogP contribution in [0.4, 0.5) is 0 Å². The molecular weight excluding hydrogens is 124 g/mol. The maximum Gasteiger partial charge on any atom is 0.0577 e. The van der Waals surface area contributed by atoms with Crippen LogP contribution in [0, 0.1) is 0 Å². The van der Waals surface area contributed by atoms with Gasteiger partial charge in [-0.3, -0.25) is 0 Å². The Hall–Kier alpha value is 0.990. The largest absolute Gasteiger partial charge is 0.164 e. The lowest BCUT2D eigenvalue weighted by Crippen LogP contribution is -1.83. The summed E-state index contributed by atoms with van der Waals surface area (Å²) in [4.78, 5) is 0. The summed E-state index contributed by atoms with van der Waals surface area (Å²) < 4.78 is 0.0386. The molecule has 0 fully saturated rings. The summed E-state index contributed by atoms with van der Waals surface area (Å²) in [6.07, 6.45) is 0. The second kappa shape index (κ2) is 3.19. The topological polar surface area (TPSA) is 0 Å². The molecule has 0 amide bonds. The van der Waals surface area contributed by atoms with Crippen LogP contribution in [0.2, 0.25) is 0 Å². The maximum absolute atomic E-state index is 5.18. The van der Waals surface area contributed by atoms with Crippen molar-refractivity contribution in [3.05, 3.63) is 0 Å². The van der Waals surface area contributed by atoms with E-state index >= 15 is 0 Å². The minimum atomic E-state index is 0.0386. The minimum Gasteiger partial charge on any atom is -0.164 e. The van der Waals surface area contributed by atoms with E-state index in [4.69, 9.17) is 11.6 Å². The third kappa shape index (κ3) is 4.99. The summed E-state index contributed by atoms with van der Waals surface area (Å²) in [6, 6.07) is 0. The molecule has 0 heterocycles. The third-order valence-electron chi connectivity index (χ3n) is 0.138. The zero-order chi connectivity index (χ0) is 4.28. The van der Waals surface area contributed by atoms with Gasteiger partial charge in [0.2, 0.25) is 0 Å². The molecule has 0 aliphatic carbocycles. The zero-order valence-electron chi connectivity index (χ0n) is 2.56. The Morgan fingerprint density at radius 3 is 1.80 bits per heavy atom. The Morgan fingerprint density at radius 1 is 1.60 bits per heavy atom. The summed E-state index contributed by atoms with van der Waals surface area (Å²) in [5, 5.41) is 0. The number of hydrogen-bond donors (Lipinski definition) is 2. The molecular formula is C2H5ClS2. The normalized spacial score (nSPS) is 9.60. The average Bonchev–Trinajstić information content (AvgIpc) is 1.38. The van der Waals surface area contributed by atoms with E-state index in [1.54, 1.807) is 0 Å². The highest BCUT2D eigenvalue weighted by molar-refractivity contribution is 7.99. The van der Waals surface area contributed by atoms with Gasteiger partial charge in [-0.1, -0.05) is 0 Å². The van der Waals surface area contributed by atoms with Crippen LogP contribution in [-0.4, -0.2) is 10.5 Å². The van der Waals surface area contributed by atoms with Crippen LogP contribution in [0.1, 0.15) is 0 Å². The summed E-state index contributed by atoms with van der Waals surface area (Å²) in [6.45, 7) is 0. The Labute approximate surface area is 47.7 Å². The number of alkyl halides is 1. The molecule has 0 radical (unpaired) electrons. The predicted octanol–water partition coefficient (Wildman–Crippen LogP) is 1.41. The van der Waals surface area contributed by atoms with E-state index in [9.17, 15) is 0 Å². The molecule has 0 aromatic heterocycles. The van der Waals surface area contributed by atoms with Gasteiger partial charge in [-0.25, -0.2) is 0 Å². The standard InChI is InChI=1S/C2H5ClS2/c3-1-2(4)5/h2,4-5H,1H2. The van der Waals surface area contributed by atoms with Gasteiger partial charge in [0, 0.05) is 5.88 Å². The van der Waals surface area contributed by atoms with Crippen molar-refractivity contribution in [3.8, 4) is 0 Å². The molecule has 0 saturated carbocycles. The summed E-state index contributed by atoms with van der Waals surface area (Å²) >= 11 is 12.8. The molecule has 0 nitrogen and oxygen atoms in total. The van der Waals surface area contributed by atoms with Gasteiger partial charge in [0.1, 0.15) is 0 Å². The van der Waals surface area contributed by atoms with Crippen molar-refractivity contribution < 1.29 is 0 Å². The van der Waals surface area contributed by atoms with E-state index in [1.807, 2.05) is 0 Å². The van der Waals surface area contributed by atoms with Gasteiger partial charge in [0.05, 0.1) is 4.58 Å². The van der Waals surface area contributed by atoms with Crippen LogP contribution in [0.5, 0.6) is 0 Å². The lowest BCUT2D eigenvalue weighted by Gasteiger charge is -1.87. The van der Waals surface area contributed by atoms with Crippen LogP contribution in [0.3, 0.4) is 0 Å². The van der Waals surface area contributed by atoms with Crippen LogP contribution >= 0.6 is 36.9 Å². The van der Waals surface area contributed by atoms with Crippen LogP contribution in [-0.2, 0) is 0 Å². The molecule has 0 bridgehead atoms. The Bertz CT molecular complexity index is 21.6. The SMILES string of the molecule is SC(S)CCl. The van der Waals surface area contributed by atoms with Gasteiger partial charge in [0.25, 0.3) is 0 Å². The predicted molar refractivity (Wildman–Crippen MR) is 32.5 cm³/mol. The Kier molecular flexibility index (Phi) is 3.82. The Morgan fingerprint density at radius 2 is 1.80 bits per heavy atom. The van der Waals surface area contributed by atoms with Crippen LogP contribution in [0.15, 0.2) is 0 Å². The summed E-state index contributed by atoms with van der Waals surface area (Å²) in [5.74, 6) is 0.506. The van der Waals surface area contributed by atoms with Gasteiger partial charge in [-0.15, -0.1) is 11.6 Å². The molecule has 5 heavy (non-hydrogen) atoms. The van der Waals surface area contributed by atoms with E-state index in [0.717, 1.165) is 0 Å². The van der Waals surface area contributed by atoms with E-state index < -0.39 is 0 Å². The molecule has 0 aromatic carbocycles. The first kappa shape index (κ1) is 5.99. The first-order valence-corrected chi connectivity index (χ1v) is 2.76. The number of hydrogen-bond acceptors (Lipinski definition) is 2. The molecule has 0 unspecified atom stereocenters. The molecule has 3 heteroatoms. The second-order valence-corrected chi connectivity index (χ2v) is 2.60. The molecule has 0 atom stereocenters. The van der Waals surface area contributed by atoms with E-state index in [1.165, 1.54) is 0 Å². The van der Waals surface area contributed by atoms with E-state index in [2.05, 4.69) is 25.3 Å². The zero-order valence-corrected chi connectivity index (χ0v) is 5.10. The van der Waals surface area contributed by atoms with Crippen molar-refractivity contribution in [1.82, 2.24) is 0 Å². The first-order chi connectivity index (χ1) is 2.27. The van der Waals surface area contributed by atoms with Crippen molar-refractivity contribution in [2.75, 3.05) is 5.88 Å². The minimum absolute atomic E-state index is 0.0386. The monoisotopic (exact) mass is 128 g/mol. The number of thiol groups is 2. The van der Waals surface area contributed by atoms with Gasteiger partial charge in [-0.05, 0) is 0 Å².